The molecule has 1 fully saturated rings. The standard InChI is InChI=1S/C23H24FN5O3/c1-16-14-21(28-23(25-16)29-10-12-31-13-11-29)26-18-4-6-19(7-5-18)27-22(30)15-32-20-8-2-17(24)3-9-20/h2-9,14H,10-13,15H2,1H3,(H,27,30)(H,25,26,28). The van der Waals surface area contributed by atoms with E-state index < -0.39 is 0 Å². The smallest absolute Gasteiger partial charge is 0.262 e. The van der Waals surface area contributed by atoms with Gasteiger partial charge in [-0.1, -0.05) is 0 Å². The molecule has 0 saturated carbocycles. The molecule has 1 aromatic heterocycles. The number of aromatic nitrogens is 2. The fourth-order valence-electron chi connectivity index (χ4n) is 3.18. The SMILES string of the molecule is Cc1cc(Nc2ccc(NC(=O)COc3ccc(F)cc3)cc2)nc(N2CCOCC2)n1. The number of amides is 1. The van der Waals surface area contributed by atoms with Crippen LogP contribution in [-0.4, -0.2) is 48.8 Å². The monoisotopic (exact) mass is 437 g/mol. The van der Waals surface area contributed by atoms with Crippen molar-refractivity contribution in [1.29, 1.82) is 0 Å². The van der Waals surface area contributed by atoms with Gasteiger partial charge in [-0.15, -0.1) is 0 Å². The minimum atomic E-state index is -0.357. The molecule has 1 aliphatic rings. The number of carbonyl (C=O) groups is 1. The van der Waals surface area contributed by atoms with Crippen molar-refractivity contribution in [2.45, 2.75) is 6.92 Å². The molecular formula is C23H24FN5O3. The van der Waals surface area contributed by atoms with E-state index in [1.165, 1.54) is 24.3 Å². The van der Waals surface area contributed by atoms with E-state index in [9.17, 15) is 9.18 Å². The second kappa shape index (κ2) is 10.1. The molecule has 32 heavy (non-hydrogen) atoms. The van der Waals surface area contributed by atoms with Gasteiger partial charge in [0.1, 0.15) is 17.4 Å². The van der Waals surface area contributed by atoms with Gasteiger partial charge in [-0.3, -0.25) is 4.79 Å². The minimum absolute atomic E-state index is 0.170. The largest absolute Gasteiger partial charge is 0.484 e. The zero-order valence-electron chi connectivity index (χ0n) is 17.7. The topological polar surface area (TPSA) is 88.6 Å². The predicted octanol–water partition coefficient (Wildman–Crippen LogP) is 3.52. The third-order valence-corrected chi connectivity index (χ3v) is 4.76. The van der Waals surface area contributed by atoms with Crippen molar-refractivity contribution in [2.75, 3.05) is 48.4 Å². The molecule has 0 atom stereocenters. The van der Waals surface area contributed by atoms with E-state index in [1.807, 2.05) is 25.1 Å². The van der Waals surface area contributed by atoms with Crippen LogP contribution in [0, 0.1) is 12.7 Å². The second-order valence-corrected chi connectivity index (χ2v) is 7.29. The lowest BCUT2D eigenvalue weighted by Gasteiger charge is -2.27. The van der Waals surface area contributed by atoms with E-state index in [0.29, 0.717) is 36.4 Å². The Kier molecular flexibility index (Phi) is 6.76. The molecule has 0 aliphatic carbocycles. The molecular weight excluding hydrogens is 413 g/mol. The number of morpholine rings is 1. The Labute approximate surface area is 185 Å². The second-order valence-electron chi connectivity index (χ2n) is 7.29. The van der Waals surface area contributed by atoms with Gasteiger partial charge < -0.3 is 25.0 Å². The third kappa shape index (κ3) is 5.92. The summed E-state index contributed by atoms with van der Waals surface area (Å²) < 4.78 is 23.7. The molecule has 9 heteroatoms. The lowest BCUT2D eigenvalue weighted by molar-refractivity contribution is -0.118. The van der Waals surface area contributed by atoms with Gasteiger partial charge in [0.15, 0.2) is 6.61 Å². The number of carbonyl (C=O) groups excluding carboxylic acids is 1. The first-order valence-electron chi connectivity index (χ1n) is 10.3. The molecule has 0 spiro atoms. The number of anilines is 4. The number of hydrogen-bond donors (Lipinski definition) is 2. The first-order valence-corrected chi connectivity index (χ1v) is 10.3. The van der Waals surface area contributed by atoms with E-state index in [4.69, 9.17) is 9.47 Å². The number of nitrogens with one attached hydrogen (secondary N) is 2. The quantitative estimate of drug-likeness (QED) is 0.585. The summed E-state index contributed by atoms with van der Waals surface area (Å²) in [5.41, 5.74) is 2.33. The summed E-state index contributed by atoms with van der Waals surface area (Å²) in [6.07, 6.45) is 0. The van der Waals surface area contributed by atoms with E-state index in [1.54, 1.807) is 12.1 Å². The summed E-state index contributed by atoms with van der Waals surface area (Å²) in [5.74, 6) is 1.14. The highest BCUT2D eigenvalue weighted by Gasteiger charge is 2.15. The molecule has 1 amide bonds. The molecule has 4 rings (SSSR count). The number of rotatable bonds is 7. The predicted molar refractivity (Wildman–Crippen MR) is 120 cm³/mol. The molecule has 166 valence electrons. The van der Waals surface area contributed by atoms with Gasteiger partial charge in [-0.05, 0) is 55.5 Å². The maximum Gasteiger partial charge on any atom is 0.262 e. The molecule has 1 aliphatic heterocycles. The van der Waals surface area contributed by atoms with E-state index in [-0.39, 0.29) is 18.3 Å². The first-order chi connectivity index (χ1) is 15.5. The zero-order valence-corrected chi connectivity index (χ0v) is 17.7. The van der Waals surface area contributed by atoms with Gasteiger partial charge in [-0.2, -0.15) is 4.98 Å². The van der Waals surface area contributed by atoms with Crippen LogP contribution in [0.1, 0.15) is 5.69 Å². The Balaban J connectivity index is 1.33. The molecule has 0 unspecified atom stereocenters. The van der Waals surface area contributed by atoms with Crippen LogP contribution in [0.4, 0.5) is 27.5 Å². The number of aryl methyl sites for hydroxylation is 1. The Morgan fingerprint density at radius 1 is 1.06 bits per heavy atom. The lowest BCUT2D eigenvalue weighted by Crippen LogP contribution is -2.37. The summed E-state index contributed by atoms with van der Waals surface area (Å²) in [5, 5.41) is 6.04. The van der Waals surface area contributed by atoms with Gasteiger partial charge in [0.25, 0.3) is 5.91 Å². The Bertz CT molecular complexity index is 1050. The van der Waals surface area contributed by atoms with Gasteiger partial charge in [0, 0.05) is 36.2 Å². The van der Waals surface area contributed by atoms with Crippen LogP contribution in [0.15, 0.2) is 54.6 Å². The molecule has 2 aromatic carbocycles. The van der Waals surface area contributed by atoms with Crippen LogP contribution in [0.25, 0.3) is 0 Å². The highest BCUT2D eigenvalue weighted by molar-refractivity contribution is 5.92. The summed E-state index contributed by atoms with van der Waals surface area (Å²) >= 11 is 0. The molecule has 0 bridgehead atoms. The Morgan fingerprint density at radius 3 is 2.47 bits per heavy atom. The fourth-order valence-corrected chi connectivity index (χ4v) is 3.18. The van der Waals surface area contributed by atoms with Crippen LogP contribution >= 0.6 is 0 Å². The fraction of sp³-hybridized carbons (Fsp3) is 0.261. The van der Waals surface area contributed by atoms with Gasteiger partial charge in [0.05, 0.1) is 13.2 Å². The number of hydrogen-bond acceptors (Lipinski definition) is 7. The molecule has 2 N–H and O–H groups in total. The first kappa shape index (κ1) is 21.5. The number of halogens is 1. The van der Waals surface area contributed by atoms with E-state index in [0.717, 1.165) is 24.5 Å². The molecule has 1 saturated heterocycles. The van der Waals surface area contributed by atoms with Gasteiger partial charge in [0.2, 0.25) is 5.95 Å². The molecule has 0 radical (unpaired) electrons. The maximum absolute atomic E-state index is 12.9. The summed E-state index contributed by atoms with van der Waals surface area (Å²) in [7, 11) is 0. The van der Waals surface area contributed by atoms with Crippen molar-refractivity contribution in [3.05, 3.63) is 66.1 Å². The van der Waals surface area contributed by atoms with Crippen molar-refractivity contribution in [1.82, 2.24) is 9.97 Å². The average Bonchev–Trinajstić information content (AvgIpc) is 2.80. The van der Waals surface area contributed by atoms with Crippen LogP contribution in [0.5, 0.6) is 5.75 Å². The van der Waals surface area contributed by atoms with Gasteiger partial charge >= 0.3 is 0 Å². The summed E-state index contributed by atoms with van der Waals surface area (Å²) in [6.45, 7) is 4.63. The van der Waals surface area contributed by atoms with Crippen LogP contribution in [-0.2, 0) is 9.53 Å². The van der Waals surface area contributed by atoms with Crippen molar-refractivity contribution in [3.8, 4) is 5.75 Å². The average molecular weight is 437 g/mol. The molecule has 8 nitrogen and oxygen atoms in total. The van der Waals surface area contributed by atoms with Crippen molar-refractivity contribution >= 4 is 29.0 Å². The van der Waals surface area contributed by atoms with Crippen LogP contribution in [0.3, 0.4) is 0 Å². The molecule has 2 heterocycles. The van der Waals surface area contributed by atoms with E-state index in [2.05, 4.69) is 25.5 Å². The van der Waals surface area contributed by atoms with Crippen molar-refractivity contribution in [2.24, 2.45) is 0 Å². The zero-order chi connectivity index (χ0) is 22.3. The Morgan fingerprint density at radius 2 is 1.75 bits per heavy atom. The lowest BCUT2D eigenvalue weighted by atomic mass is 10.2. The van der Waals surface area contributed by atoms with Crippen molar-refractivity contribution < 1.29 is 18.7 Å². The maximum atomic E-state index is 12.9. The highest BCUT2D eigenvalue weighted by Crippen LogP contribution is 2.21. The van der Waals surface area contributed by atoms with Crippen molar-refractivity contribution in [3.63, 3.8) is 0 Å². The number of ether oxygens (including phenoxy) is 2. The summed E-state index contributed by atoms with van der Waals surface area (Å²) in [4.78, 5) is 23.4. The van der Waals surface area contributed by atoms with Crippen LogP contribution < -0.4 is 20.3 Å². The number of nitrogens with zero attached hydrogens (tertiary/aromatic N) is 3. The normalized spacial score (nSPS) is 13.5. The van der Waals surface area contributed by atoms with Crippen LogP contribution in [0.2, 0.25) is 0 Å². The Hall–Kier alpha value is -3.72. The van der Waals surface area contributed by atoms with E-state index >= 15 is 0 Å². The number of benzene rings is 2. The molecule has 3 aromatic rings. The highest BCUT2D eigenvalue weighted by atomic mass is 19.1. The third-order valence-electron chi connectivity index (χ3n) is 4.76. The van der Waals surface area contributed by atoms with Gasteiger partial charge in [-0.25, -0.2) is 9.37 Å². The summed E-state index contributed by atoms with van der Waals surface area (Å²) in [6, 6.07) is 14.7. The minimum Gasteiger partial charge on any atom is -0.484 e.